The minimum absolute atomic E-state index is 0.0917. The maximum absolute atomic E-state index is 2.73. The third-order valence-electron chi connectivity index (χ3n) is 10.7. The van der Waals surface area contributed by atoms with Crippen molar-refractivity contribution in [1.29, 1.82) is 0 Å². The third-order valence-corrected chi connectivity index (χ3v) is 14.2. The lowest BCUT2D eigenvalue weighted by atomic mass is 9.45. The van der Waals surface area contributed by atoms with Crippen molar-refractivity contribution in [2.24, 2.45) is 0 Å². The molecule has 11 aromatic rings. The number of fused-ring (bicyclic) bond motifs is 18. The summed E-state index contributed by atoms with van der Waals surface area (Å²) in [7, 11) is 0. The van der Waals surface area contributed by atoms with Crippen LogP contribution in [0.4, 0.5) is 0 Å². The van der Waals surface area contributed by atoms with E-state index in [4.69, 9.17) is 0 Å². The van der Waals surface area contributed by atoms with Gasteiger partial charge in [-0.1, -0.05) is 91.0 Å². The number of para-hydroxylation sites is 2. The smallest absolute Gasteiger partial charge is 0.333 e. The second-order valence-electron chi connectivity index (χ2n) is 12.8. The molecule has 13 rings (SSSR count). The molecule has 210 valence electrons. The van der Waals surface area contributed by atoms with Crippen LogP contribution in [-0.2, 0) is 0 Å². The molecule has 5 aromatic heterocycles. The molecule has 46 heavy (non-hydrogen) atoms. The van der Waals surface area contributed by atoms with E-state index in [0.717, 1.165) is 0 Å². The summed E-state index contributed by atoms with van der Waals surface area (Å²) in [5.41, 5.74) is 11.1. The van der Waals surface area contributed by atoms with Gasteiger partial charge < -0.3 is 9.05 Å². The van der Waals surface area contributed by atoms with Crippen molar-refractivity contribution in [2.45, 2.75) is 0 Å². The highest BCUT2D eigenvalue weighted by Crippen LogP contribution is 2.51. The van der Waals surface area contributed by atoms with Gasteiger partial charge in [-0.3, -0.25) is 0 Å². The molecule has 6 aromatic carbocycles. The van der Waals surface area contributed by atoms with Gasteiger partial charge >= 0.3 is 6.85 Å². The lowest BCUT2D eigenvalue weighted by Gasteiger charge is -2.34. The second kappa shape index (κ2) is 7.73. The van der Waals surface area contributed by atoms with Crippen LogP contribution in [0.2, 0.25) is 0 Å². The number of aromatic nitrogens is 2. The summed E-state index contributed by atoms with van der Waals surface area (Å²) in [4.78, 5) is 1.38. The van der Waals surface area contributed by atoms with E-state index >= 15 is 0 Å². The van der Waals surface area contributed by atoms with Crippen molar-refractivity contribution < 1.29 is 0 Å². The van der Waals surface area contributed by atoms with E-state index in [1.807, 2.05) is 34.0 Å². The van der Waals surface area contributed by atoms with E-state index in [1.165, 1.54) is 110 Å². The van der Waals surface area contributed by atoms with Crippen LogP contribution in [0.15, 0.2) is 115 Å². The van der Waals surface area contributed by atoms with E-state index in [0.29, 0.717) is 0 Å². The van der Waals surface area contributed by atoms with Crippen molar-refractivity contribution in [2.75, 3.05) is 0 Å². The van der Waals surface area contributed by atoms with Crippen LogP contribution in [0.25, 0.3) is 99.4 Å². The van der Waals surface area contributed by atoms with Crippen LogP contribution in [-0.4, -0.2) is 15.9 Å². The highest BCUT2D eigenvalue weighted by atomic mass is 32.1. The molecular formula is C40H19BN2S3. The van der Waals surface area contributed by atoms with Gasteiger partial charge in [0.15, 0.2) is 0 Å². The van der Waals surface area contributed by atoms with Crippen LogP contribution < -0.4 is 10.9 Å². The summed E-state index contributed by atoms with van der Waals surface area (Å²) in [6.45, 7) is 0.0917. The quantitative estimate of drug-likeness (QED) is 0.147. The zero-order valence-corrected chi connectivity index (χ0v) is 26.6. The van der Waals surface area contributed by atoms with Gasteiger partial charge in [0.25, 0.3) is 0 Å². The van der Waals surface area contributed by atoms with Gasteiger partial charge in [-0.15, -0.1) is 34.0 Å². The molecule has 0 saturated carbocycles. The third kappa shape index (κ3) is 2.46. The maximum Gasteiger partial charge on any atom is 0.333 e. The lowest BCUT2D eigenvalue weighted by molar-refractivity contribution is 1.20. The molecular weight excluding hydrogens is 615 g/mol. The Bertz CT molecular complexity index is 3220. The predicted octanol–water partition coefficient (Wildman–Crippen LogP) is 10.6. The number of thiophene rings is 3. The molecule has 2 aliphatic rings. The Balaban J connectivity index is 1.35. The zero-order valence-electron chi connectivity index (χ0n) is 24.2. The fraction of sp³-hybridized carbons (Fsp3) is 0. The first-order valence-corrected chi connectivity index (χ1v) is 18.2. The molecule has 0 bridgehead atoms. The van der Waals surface area contributed by atoms with Crippen LogP contribution in [0, 0.1) is 0 Å². The standard InChI is InChI=1S/C40H19BN2S3/c1-4-16-29-20(9-1)27-19-26-21-12-7-13-24-32-22-10-2-5-17-30(22)46-40(32)43(34(21)24)41-28-15-8-14-25-35(28)42(37(33(26)41)39(27)44-29)36-23-11-3-6-18-31(23)45-38(25)36/h1-19H. The molecule has 0 unspecified atom stereocenters. The van der Waals surface area contributed by atoms with Crippen molar-refractivity contribution >= 4 is 134 Å². The van der Waals surface area contributed by atoms with Gasteiger partial charge in [-0.2, -0.15) is 0 Å². The predicted molar refractivity (Wildman–Crippen MR) is 203 cm³/mol. The second-order valence-corrected chi connectivity index (χ2v) is 15.9. The van der Waals surface area contributed by atoms with Crippen LogP contribution >= 0.6 is 34.0 Å². The number of nitrogens with zero attached hydrogens (tertiary/aromatic N) is 2. The Labute approximate surface area is 274 Å². The van der Waals surface area contributed by atoms with Gasteiger partial charge in [-0.25, -0.2) is 0 Å². The van der Waals surface area contributed by atoms with E-state index < -0.39 is 0 Å². The first-order valence-electron chi connectivity index (χ1n) is 15.7. The molecule has 0 fully saturated rings. The summed E-state index contributed by atoms with van der Waals surface area (Å²) < 4.78 is 12.3. The summed E-state index contributed by atoms with van der Waals surface area (Å²) in [6, 6.07) is 43.6. The normalized spacial score (nSPS) is 13.6. The lowest BCUT2D eigenvalue weighted by Crippen LogP contribution is -2.55. The number of hydrogen-bond acceptors (Lipinski definition) is 3. The average Bonchev–Trinajstić information content (AvgIpc) is 3.89. The fourth-order valence-electron chi connectivity index (χ4n) is 9.02. The van der Waals surface area contributed by atoms with Gasteiger partial charge in [0, 0.05) is 62.9 Å². The molecule has 0 aliphatic carbocycles. The van der Waals surface area contributed by atoms with Gasteiger partial charge in [0.05, 0.1) is 31.0 Å². The van der Waals surface area contributed by atoms with Crippen molar-refractivity contribution in [3.63, 3.8) is 0 Å². The Morgan fingerprint density at radius 3 is 2.02 bits per heavy atom. The minimum Gasteiger partial charge on any atom is -0.367 e. The number of benzene rings is 6. The molecule has 0 saturated heterocycles. The van der Waals surface area contributed by atoms with Crippen LogP contribution in [0.1, 0.15) is 0 Å². The summed E-state index contributed by atoms with van der Waals surface area (Å²) >= 11 is 5.86. The Kier molecular flexibility index (Phi) is 3.94. The van der Waals surface area contributed by atoms with Crippen molar-refractivity contribution in [3.8, 4) is 16.8 Å². The Morgan fingerprint density at radius 1 is 0.478 bits per heavy atom. The Hall–Kier alpha value is -4.88. The monoisotopic (exact) mass is 634 g/mol. The first kappa shape index (κ1) is 23.5. The molecule has 0 amide bonds. The van der Waals surface area contributed by atoms with E-state index in [-0.39, 0.29) is 6.85 Å². The first-order chi connectivity index (χ1) is 22.8. The molecule has 6 heteroatoms. The van der Waals surface area contributed by atoms with Gasteiger partial charge in [-0.05, 0) is 40.8 Å². The van der Waals surface area contributed by atoms with Crippen LogP contribution in [0.3, 0.4) is 0 Å². The Morgan fingerprint density at radius 2 is 1.15 bits per heavy atom. The van der Waals surface area contributed by atoms with E-state index in [1.54, 1.807) is 0 Å². The topological polar surface area (TPSA) is 9.86 Å². The largest absolute Gasteiger partial charge is 0.367 e. The van der Waals surface area contributed by atoms with Gasteiger partial charge in [0.1, 0.15) is 0 Å². The van der Waals surface area contributed by atoms with Crippen LogP contribution in [0.5, 0.6) is 0 Å². The molecule has 2 aliphatic heterocycles. The highest BCUT2D eigenvalue weighted by molar-refractivity contribution is 7.28. The molecule has 0 spiro atoms. The van der Waals surface area contributed by atoms with E-state index in [2.05, 4.69) is 124 Å². The molecule has 2 nitrogen and oxygen atoms in total. The van der Waals surface area contributed by atoms with Gasteiger partial charge in [0.2, 0.25) is 0 Å². The summed E-state index contributed by atoms with van der Waals surface area (Å²) in [5.74, 6) is 0. The maximum atomic E-state index is 2.73. The highest BCUT2D eigenvalue weighted by Gasteiger charge is 2.43. The molecule has 7 heterocycles. The fourth-order valence-corrected chi connectivity index (χ4v) is 12.7. The zero-order chi connectivity index (χ0) is 29.4. The summed E-state index contributed by atoms with van der Waals surface area (Å²) in [5, 5.41) is 9.58. The SMILES string of the molecule is c1ccc2c(c1)sc1c3c4c(cc12)-c1cccc2c5c6ccccc6sc5n(c12)B4c1cccc2c4sc5ccccc5c4n-3c12. The molecule has 0 N–H and O–H groups in total. The molecule has 0 atom stereocenters. The van der Waals surface area contributed by atoms with E-state index in [9.17, 15) is 0 Å². The average molecular weight is 635 g/mol. The molecule has 0 radical (unpaired) electrons. The minimum atomic E-state index is 0.0917. The summed E-state index contributed by atoms with van der Waals surface area (Å²) in [6.07, 6.45) is 0. The number of hydrogen-bond donors (Lipinski definition) is 0. The van der Waals surface area contributed by atoms with Crippen molar-refractivity contribution in [3.05, 3.63) is 115 Å². The number of rotatable bonds is 0. The van der Waals surface area contributed by atoms with Crippen molar-refractivity contribution in [1.82, 2.24) is 9.05 Å².